The molecule has 2 aromatic rings. The van der Waals surface area contributed by atoms with Gasteiger partial charge in [-0.25, -0.2) is 9.97 Å². The molecule has 0 aromatic carbocycles. The Morgan fingerprint density at radius 3 is 3.16 bits per heavy atom. The van der Waals surface area contributed by atoms with Gasteiger partial charge in [0.05, 0.1) is 20.3 Å². The second kappa shape index (κ2) is 6.96. The Hall–Kier alpha value is -2.21. The van der Waals surface area contributed by atoms with Crippen LogP contribution in [0.4, 0.5) is 5.82 Å². The Morgan fingerprint density at radius 1 is 1.36 bits per heavy atom. The molecule has 6 heteroatoms. The molecule has 2 aliphatic rings. The molecular formula is C19H24N4O2. The van der Waals surface area contributed by atoms with Crippen LogP contribution < -0.4 is 9.64 Å². The van der Waals surface area contributed by atoms with Gasteiger partial charge in [-0.3, -0.25) is 4.98 Å². The predicted molar refractivity (Wildman–Crippen MR) is 94.5 cm³/mol. The van der Waals surface area contributed by atoms with Crippen LogP contribution in [0.15, 0.2) is 36.9 Å². The summed E-state index contributed by atoms with van der Waals surface area (Å²) >= 11 is 0. The van der Waals surface area contributed by atoms with Gasteiger partial charge >= 0.3 is 0 Å². The molecule has 2 aromatic heterocycles. The molecule has 132 valence electrons. The Labute approximate surface area is 148 Å². The van der Waals surface area contributed by atoms with Crippen molar-refractivity contribution in [2.45, 2.75) is 25.9 Å². The first kappa shape index (κ1) is 16.3. The van der Waals surface area contributed by atoms with Crippen LogP contribution in [-0.2, 0) is 11.3 Å². The van der Waals surface area contributed by atoms with E-state index in [1.807, 2.05) is 18.3 Å². The predicted octanol–water partition coefficient (Wildman–Crippen LogP) is 2.70. The lowest BCUT2D eigenvalue weighted by Crippen LogP contribution is -2.32. The molecule has 1 saturated carbocycles. The third kappa shape index (κ3) is 3.31. The number of nitrogens with zero attached hydrogens (tertiary/aromatic N) is 4. The second-order valence-electron chi connectivity index (χ2n) is 7.10. The van der Waals surface area contributed by atoms with Crippen molar-refractivity contribution in [2.75, 3.05) is 31.7 Å². The molecule has 1 aliphatic heterocycles. The Balaban J connectivity index is 1.43. The van der Waals surface area contributed by atoms with Crippen LogP contribution in [0.25, 0.3) is 0 Å². The van der Waals surface area contributed by atoms with Crippen molar-refractivity contribution in [1.82, 2.24) is 15.0 Å². The molecule has 1 aliphatic carbocycles. The minimum atomic E-state index is 0.237. The summed E-state index contributed by atoms with van der Waals surface area (Å²) in [4.78, 5) is 15.1. The lowest BCUT2D eigenvalue weighted by atomic mass is 9.81. The quantitative estimate of drug-likeness (QED) is 0.806. The van der Waals surface area contributed by atoms with E-state index in [4.69, 9.17) is 9.47 Å². The van der Waals surface area contributed by atoms with Gasteiger partial charge in [0.1, 0.15) is 12.1 Å². The number of aromatic nitrogens is 3. The van der Waals surface area contributed by atoms with Gasteiger partial charge in [0, 0.05) is 37.0 Å². The SMILES string of the molecule is COc1cc(N2C[C@H]3CCC[C@@]3(COCc3cccnc3)C2)ncn1. The summed E-state index contributed by atoms with van der Waals surface area (Å²) in [5.41, 5.74) is 1.37. The maximum absolute atomic E-state index is 6.11. The van der Waals surface area contributed by atoms with Crippen LogP contribution in [0.2, 0.25) is 0 Å². The summed E-state index contributed by atoms with van der Waals surface area (Å²) in [5, 5.41) is 0. The fourth-order valence-electron chi connectivity index (χ4n) is 4.29. The highest BCUT2D eigenvalue weighted by Crippen LogP contribution is 2.49. The monoisotopic (exact) mass is 340 g/mol. The Kier molecular flexibility index (Phi) is 4.53. The van der Waals surface area contributed by atoms with E-state index in [-0.39, 0.29) is 5.41 Å². The zero-order valence-electron chi connectivity index (χ0n) is 14.6. The maximum atomic E-state index is 6.11. The van der Waals surface area contributed by atoms with Gasteiger partial charge in [-0.1, -0.05) is 12.5 Å². The van der Waals surface area contributed by atoms with Crippen LogP contribution in [0.3, 0.4) is 0 Å². The average molecular weight is 340 g/mol. The van der Waals surface area contributed by atoms with Gasteiger partial charge < -0.3 is 14.4 Å². The van der Waals surface area contributed by atoms with Crippen molar-refractivity contribution in [3.63, 3.8) is 0 Å². The fraction of sp³-hybridized carbons (Fsp3) is 0.526. The first-order valence-electron chi connectivity index (χ1n) is 8.87. The van der Waals surface area contributed by atoms with E-state index in [9.17, 15) is 0 Å². The van der Waals surface area contributed by atoms with Crippen molar-refractivity contribution in [3.05, 3.63) is 42.5 Å². The van der Waals surface area contributed by atoms with Crippen LogP contribution in [0.5, 0.6) is 5.88 Å². The van der Waals surface area contributed by atoms with E-state index in [0.29, 0.717) is 18.4 Å². The molecule has 2 atom stereocenters. The number of rotatable bonds is 6. The van der Waals surface area contributed by atoms with Gasteiger partial charge in [0.15, 0.2) is 0 Å². The van der Waals surface area contributed by atoms with Crippen LogP contribution in [-0.4, -0.2) is 41.8 Å². The molecule has 0 radical (unpaired) electrons. The number of ether oxygens (including phenoxy) is 2. The van der Waals surface area contributed by atoms with Gasteiger partial charge in [0.25, 0.3) is 0 Å². The lowest BCUT2D eigenvalue weighted by Gasteiger charge is -2.28. The molecule has 6 nitrogen and oxygen atoms in total. The Morgan fingerprint density at radius 2 is 2.32 bits per heavy atom. The van der Waals surface area contributed by atoms with E-state index in [2.05, 4.69) is 25.9 Å². The molecule has 25 heavy (non-hydrogen) atoms. The average Bonchev–Trinajstić information content (AvgIpc) is 3.20. The van der Waals surface area contributed by atoms with Gasteiger partial charge in [-0.15, -0.1) is 0 Å². The molecule has 2 fully saturated rings. The third-order valence-corrected chi connectivity index (χ3v) is 5.58. The summed E-state index contributed by atoms with van der Waals surface area (Å²) in [6.07, 6.45) is 9.03. The van der Waals surface area contributed by atoms with Gasteiger partial charge in [-0.05, 0) is 30.4 Å². The summed E-state index contributed by atoms with van der Waals surface area (Å²) in [6, 6.07) is 5.94. The molecule has 0 N–H and O–H groups in total. The highest BCUT2D eigenvalue weighted by atomic mass is 16.5. The number of hydrogen-bond acceptors (Lipinski definition) is 6. The molecule has 0 amide bonds. The van der Waals surface area contributed by atoms with E-state index in [1.165, 1.54) is 19.3 Å². The summed E-state index contributed by atoms with van der Waals surface area (Å²) in [6.45, 7) is 3.45. The molecule has 0 bridgehead atoms. The smallest absolute Gasteiger partial charge is 0.218 e. The zero-order valence-corrected chi connectivity index (χ0v) is 14.6. The molecule has 1 saturated heterocycles. The van der Waals surface area contributed by atoms with Crippen molar-refractivity contribution >= 4 is 5.82 Å². The molecule has 4 rings (SSSR count). The van der Waals surface area contributed by atoms with Gasteiger partial charge in [0.2, 0.25) is 5.88 Å². The number of fused-ring (bicyclic) bond motifs is 1. The minimum Gasteiger partial charge on any atom is -0.481 e. The fourth-order valence-corrected chi connectivity index (χ4v) is 4.29. The lowest BCUT2D eigenvalue weighted by molar-refractivity contribution is 0.0314. The number of anilines is 1. The van der Waals surface area contributed by atoms with E-state index >= 15 is 0 Å². The highest BCUT2D eigenvalue weighted by Gasteiger charge is 2.49. The van der Waals surface area contributed by atoms with Crippen molar-refractivity contribution in [3.8, 4) is 5.88 Å². The normalized spacial score (nSPS) is 25.2. The second-order valence-corrected chi connectivity index (χ2v) is 7.10. The first-order chi connectivity index (χ1) is 12.3. The molecule has 0 spiro atoms. The highest BCUT2D eigenvalue weighted by molar-refractivity contribution is 5.43. The topological polar surface area (TPSA) is 60.4 Å². The van der Waals surface area contributed by atoms with Crippen LogP contribution in [0.1, 0.15) is 24.8 Å². The number of methoxy groups -OCH3 is 1. The third-order valence-electron chi connectivity index (χ3n) is 5.58. The van der Waals surface area contributed by atoms with Crippen LogP contribution >= 0.6 is 0 Å². The minimum absolute atomic E-state index is 0.237. The first-order valence-corrected chi connectivity index (χ1v) is 8.87. The largest absolute Gasteiger partial charge is 0.481 e. The molecule has 0 unspecified atom stereocenters. The van der Waals surface area contributed by atoms with Crippen molar-refractivity contribution in [1.29, 1.82) is 0 Å². The number of hydrogen-bond donors (Lipinski definition) is 0. The molecule has 3 heterocycles. The summed E-state index contributed by atoms with van der Waals surface area (Å²) in [7, 11) is 1.64. The van der Waals surface area contributed by atoms with E-state index in [1.54, 1.807) is 19.6 Å². The zero-order chi connectivity index (χ0) is 17.1. The van der Waals surface area contributed by atoms with E-state index in [0.717, 1.165) is 31.1 Å². The van der Waals surface area contributed by atoms with Gasteiger partial charge in [-0.2, -0.15) is 0 Å². The maximum Gasteiger partial charge on any atom is 0.218 e. The van der Waals surface area contributed by atoms with Crippen molar-refractivity contribution < 1.29 is 9.47 Å². The number of pyridine rings is 1. The summed E-state index contributed by atoms with van der Waals surface area (Å²) < 4.78 is 11.4. The standard InChI is InChI=1S/C19H24N4O2/c1-24-18-8-17(21-14-22-18)23-10-16-5-2-6-19(16,12-23)13-25-11-15-4-3-7-20-9-15/h3-4,7-9,14,16H,2,5-6,10-13H2,1H3/t16-,19+/m1/s1. The van der Waals surface area contributed by atoms with Crippen molar-refractivity contribution in [2.24, 2.45) is 11.3 Å². The summed E-state index contributed by atoms with van der Waals surface area (Å²) in [5.74, 6) is 2.24. The van der Waals surface area contributed by atoms with Crippen LogP contribution in [0, 0.1) is 11.3 Å². The molecular weight excluding hydrogens is 316 g/mol. The Bertz CT molecular complexity index is 712. The van der Waals surface area contributed by atoms with E-state index < -0.39 is 0 Å².